The van der Waals surface area contributed by atoms with Gasteiger partial charge in [0.1, 0.15) is 16.3 Å². The van der Waals surface area contributed by atoms with Crippen molar-refractivity contribution in [2.24, 2.45) is 20.0 Å². The van der Waals surface area contributed by atoms with Crippen molar-refractivity contribution >= 4 is 27.4 Å². The highest BCUT2D eigenvalue weighted by Gasteiger charge is 2.29. The zero-order chi connectivity index (χ0) is 23.2. The Kier molecular flexibility index (Phi) is 5.15. The van der Waals surface area contributed by atoms with Gasteiger partial charge in [0, 0.05) is 63.9 Å². The third-order valence-electron chi connectivity index (χ3n) is 6.41. The highest BCUT2D eigenvalue weighted by molar-refractivity contribution is 7.22. The van der Waals surface area contributed by atoms with E-state index in [1.54, 1.807) is 17.5 Å². The first-order valence-corrected chi connectivity index (χ1v) is 12.2. The first kappa shape index (κ1) is 21.0. The van der Waals surface area contributed by atoms with Gasteiger partial charge in [-0.1, -0.05) is 30.3 Å². The Balaban J connectivity index is 1.67. The molecule has 1 aromatic carbocycles. The Morgan fingerprint density at radius 1 is 1.09 bits per heavy atom. The van der Waals surface area contributed by atoms with Gasteiger partial charge in [-0.15, -0.1) is 11.3 Å². The van der Waals surface area contributed by atoms with Crippen molar-refractivity contribution in [3.63, 3.8) is 0 Å². The monoisotopic (exact) mass is 471 g/mol. The minimum Gasteiger partial charge on any atom is -0.396 e. The van der Waals surface area contributed by atoms with Crippen LogP contribution in [0.4, 0.5) is 5.82 Å². The van der Waals surface area contributed by atoms with Crippen molar-refractivity contribution in [1.29, 1.82) is 0 Å². The van der Waals surface area contributed by atoms with Crippen LogP contribution in [0.2, 0.25) is 0 Å². The summed E-state index contributed by atoms with van der Waals surface area (Å²) in [6.07, 6.45) is 6.58. The Morgan fingerprint density at radius 3 is 2.62 bits per heavy atom. The lowest BCUT2D eigenvalue weighted by molar-refractivity contribution is 0.238. The number of aromatic nitrogens is 6. The van der Waals surface area contributed by atoms with E-state index >= 15 is 0 Å². The summed E-state index contributed by atoms with van der Waals surface area (Å²) in [5, 5.41) is 15.5. The third-order valence-corrected chi connectivity index (χ3v) is 7.51. The van der Waals surface area contributed by atoms with Crippen LogP contribution in [0, 0.1) is 5.92 Å². The fraction of sp³-hybridized carbons (Fsp3) is 0.280. The van der Waals surface area contributed by atoms with Crippen molar-refractivity contribution in [2.45, 2.75) is 6.42 Å². The van der Waals surface area contributed by atoms with Crippen molar-refractivity contribution in [1.82, 2.24) is 29.3 Å². The minimum atomic E-state index is 0.186. The van der Waals surface area contributed by atoms with E-state index in [1.165, 1.54) is 0 Å². The summed E-state index contributed by atoms with van der Waals surface area (Å²) in [5.41, 5.74) is 3.14. The van der Waals surface area contributed by atoms with Gasteiger partial charge in [0.25, 0.3) is 0 Å². The molecule has 5 aromatic rings. The number of hydrogen-bond donors (Lipinski definition) is 1. The normalized spacial score (nSPS) is 16.1. The number of benzene rings is 1. The van der Waals surface area contributed by atoms with Gasteiger partial charge < -0.3 is 14.6 Å². The topological polar surface area (TPSA) is 84.9 Å². The van der Waals surface area contributed by atoms with Crippen molar-refractivity contribution in [2.75, 3.05) is 24.6 Å². The maximum atomic E-state index is 9.79. The van der Waals surface area contributed by atoms with Gasteiger partial charge in [-0.05, 0) is 18.1 Å². The number of aryl methyl sites for hydroxylation is 2. The highest BCUT2D eigenvalue weighted by Crippen LogP contribution is 2.47. The van der Waals surface area contributed by atoms with E-state index in [4.69, 9.17) is 15.1 Å². The van der Waals surface area contributed by atoms with E-state index in [1.807, 2.05) is 47.9 Å². The largest absolute Gasteiger partial charge is 0.396 e. The number of thiophene rings is 1. The van der Waals surface area contributed by atoms with E-state index in [9.17, 15) is 5.11 Å². The molecule has 1 saturated heterocycles. The van der Waals surface area contributed by atoms with Crippen LogP contribution in [0.1, 0.15) is 6.42 Å². The van der Waals surface area contributed by atoms with Crippen LogP contribution in [-0.2, 0) is 14.1 Å². The van der Waals surface area contributed by atoms with Gasteiger partial charge >= 0.3 is 0 Å². The molecule has 1 aliphatic heterocycles. The van der Waals surface area contributed by atoms with Gasteiger partial charge in [0.05, 0.1) is 10.3 Å². The number of anilines is 1. The van der Waals surface area contributed by atoms with Crippen LogP contribution in [-0.4, -0.2) is 54.1 Å². The van der Waals surface area contributed by atoms with Gasteiger partial charge in [0.15, 0.2) is 11.6 Å². The molecule has 9 heteroatoms. The van der Waals surface area contributed by atoms with Gasteiger partial charge in [-0.3, -0.25) is 4.68 Å². The highest BCUT2D eigenvalue weighted by atomic mass is 32.1. The molecule has 0 amide bonds. The molecule has 0 saturated carbocycles. The minimum absolute atomic E-state index is 0.186. The Hall–Kier alpha value is -3.56. The molecular formula is C25H25N7OS. The lowest BCUT2D eigenvalue weighted by Crippen LogP contribution is -2.22. The molecule has 4 aromatic heterocycles. The fourth-order valence-corrected chi connectivity index (χ4v) is 5.82. The standard InChI is InChI=1S/C25H25N7OS/c1-30-13-10-26-24(30)22-27-23(32-12-8-16(14-32)15-33)20-19(17-6-4-3-5-7-17)21(34-25(20)28-22)18-9-11-31(2)29-18/h3-7,9-11,13,16,33H,8,12,14-15H2,1-2H3. The molecule has 1 fully saturated rings. The number of aliphatic hydroxyl groups is 1. The van der Waals surface area contributed by atoms with Gasteiger partial charge in [-0.2, -0.15) is 5.10 Å². The molecule has 34 heavy (non-hydrogen) atoms. The first-order valence-electron chi connectivity index (χ1n) is 11.4. The van der Waals surface area contributed by atoms with Crippen LogP contribution in [0.15, 0.2) is 55.0 Å². The number of rotatable bonds is 5. The Labute approximate surface area is 201 Å². The number of hydrogen-bond acceptors (Lipinski definition) is 7. The summed E-state index contributed by atoms with van der Waals surface area (Å²) < 4.78 is 3.77. The quantitative estimate of drug-likeness (QED) is 0.417. The van der Waals surface area contributed by atoms with Crippen LogP contribution in [0.5, 0.6) is 0 Å². The average Bonchev–Trinajstić information content (AvgIpc) is 3.64. The van der Waals surface area contributed by atoms with E-state index in [0.717, 1.165) is 63.1 Å². The average molecular weight is 472 g/mol. The Bertz CT molecular complexity index is 1470. The van der Waals surface area contributed by atoms with E-state index in [2.05, 4.69) is 34.1 Å². The lowest BCUT2D eigenvalue weighted by atomic mass is 10.0. The summed E-state index contributed by atoms with van der Waals surface area (Å²) in [5.74, 6) is 2.48. The zero-order valence-electron chi connectivity index (χ0n) is 19.1. The molecule has 0 radical (unpaired) electrons. The predicted molar refractivity (Wildman–Crippen MR) is 135 cm³/mol. The molecule has 5 heterocycles. The number of nitrogens with zero attached hydrogens (tertiary/aromatic N) is 7. The fourth-order valence-electron chi connectivity index (χ4n) is 4.66. The number of aliphatic hydroxyl groups excluding tert-OH is 1. The second kappa shape index (κ2) is 8.34. The molecule has 1 unspecified atom stereocenters. The molecule has 0 bridgehead atoms. The van der Waals surface area contributed by atoms with Crippen molar-refractivity contribution in [3.05, 3.63) is 55.0 Å². The summed E-state index contributed by atoms with van der Waals surface area (Å²) in [6, 6.07) is 12.4. The number of fused-ring (bicyclic) bond motifs is 1. The zero-order valence-corrected chi connectivity index (χ0v) is 19.9. The molecule has 1 N–H and O–H groups in total. The van der Waals surface area contributed by atoms with E-state index < -0.39 is 0 Å². The maximum Gasteiger partial charge on any atom is 0.199 e. The Morgan fingerprint density at radius 2 is 1.94 bits per heavy atom. The molecule has 0 spiro atoms. The molecule has 172 valence electrons. The predicted octanol–water partition coefficient (Wildman–Crippen LogP) is 3.98. The summed E-state index contributed by atoms with van der Waals surface area (Å²) in [4.78, 5) is 18.9. The summed E-state index contributed by atoms with van der Waals surface area (Å²) in [7, 11) is 3.89. The van der Waals surface area contributed by atoms with Crippen molar-refractivity contribution in [3.8, 4) is 33.3 Å². The van der Waals surface area contributed by atoms with Crippen molar-refractivity contribution < 1.29 is 5.11 Å². The second-order valence-corrected chi connectivity index (χ2v) is 9.74. The molecule has 8 nitrogen and oxygen atoms in total. The van der Waals surface area contributed by atoms with E-state index in [0.29, 0.717) is 5.82 Å². The van der Waals surface area contributed by atoms with Crippen LogP contribution >= 0.6 is 11.3 Å². The molecule has 0 aliphatic carbocycles. The molecular weight excluding hydrogens is 446 g/mol. The summed E-state index contributed by atoms with van der Waals surface area (Å²) in [6.45, 7) is 1.80. The van der Waals surface area contributed by atoms with Gasteiger partial charge in [-0.25, -0.2) is 15.0 Å². The smallest absolute Gasteiger partial charge is 0.199 e. The first-order chi connectivity index (χ1) is 16.6. The van der Waals surface area contributed by atoms with Crippen LogP contribution in [0.25, 0.3) is 43.6 Å². The molecule has 1 aliphatic rings. The van der Waals surface area contributed by atoms with Crippen LogP contribution < -0.4 is 4.90 Å². The van der Waals surface area contributed by atoms with Crippen LogP contribution in [0.3, 0.4) is 0 Å². The molecule has 6 rings (SSSR count). The third kappa shape index (κ3) is 3.48. The van der Waals surface area contributed by atoms with E-state index in [-0.39, 0.29) is 12.5 Å². The number of imidazole rings is 1. The SMILES string of the molecule is Cn1ccc(-c2sc3nc(-c4nccn4C)nc(N4CCC(CO)C4)c3c2-c2ccccc2)n1. The van der Waals surface area contributed by atoms with Gasteiger partial charge in [0.2, 0.25) is 0 Å². The molecule has 1 atom stereocenters. The second-order valence-electron chi connectivity index (χ2n) is 8.74. The summed E-state index contributed by atoms with van der Waals surface area (Å²) >= 11 is 1.64. The lowest BCUT2D eigenvalue weighted by Gasteiger charge is -2.20. The maximum absolute atomic E-state index is 9.79.